The first-order valence-electron chi connectivity index (χ1n) is 6.24. The molecule has 1 rings (SSSR count). The number of nitrogens with zero attached hydrogens (tertiary/aromatic N) is 1. The van der Waals surface area contributed by atoms with E-state index in [-0.39, 0.29) is 18.2 Å². The average Bonchev–Trinajstić information content (AvgIpc) is 2.69. The van der Waals surface area contributed by atoms with Gasteiger partial charge in [-0.1, -0.05) is 13.8 Å². The Balaban J connectivity index is 2.52. The summed E-state index contributed by atoms with van der Waals surface area (Å²) >= 11 is 0. The van der Waals surface area contributed by atoms with Crippen LogP contribution in [0.4, 0.5) is 0 Å². The molecule has 1 aliphatic heterocycles. The van der Waals surface area contributed by atoms with Gasteiger partial charge in [0.05, 0.1) is 12.2 Å². The lowest BCUT2D eigenvalue weighted by Gasteiger charge is -2.23. The van der Waals surface area contributed by atoms with Crippen molar-refractivity contribution in [2.45, 2.75) is 38.1 Å². The molecule has 6 nitrogen and oxygen atoms in total. The Morgan fingerprint density at radius 3 is 2.17 bits per heavy atom. The van der Waals surface area contributed by atoms with Crippen LogP contribution in [-0.4, -0.2) is 74.1 Å². The van der Waals surface area contributed by atoms with Gasteiger partial charge in [0, 0.05) is 39.9 Å². The number of methoxy groups -OCH3 is 2. The third-order valence-electron chi connectivity index (χ3n) is 3.17. The van der Waals surface area contributed by atoms with Crippen molar-refractivity contribution in [2.75, 3.05) is 33.9 Å². The minimum Gasteiger partial charge on any atom is -0.480 e. The number of hydrogen-bond donors (Lipinski definition) is 2. The molecular weight excluding hydrogens is 236 g/mol. The van der Waals surface area contributed by atoms with Gasteiger partial charge in [0.15, 0.2) is 0 Å². The van der Waals surface area contributed by atoms with Crippen LogP contribution in [-0.2, 0) is 14.3 Å². The molecule has 1 saturated heterocycles. The summed E-state index contributed by atoms with van der Waals surface area (Å²) in [5.74, 6) is -0.821. The first-order chi connectivity index (χ1) is 8.47. The molecule has 3 atom stereocenters. The van der Waals surface area contributed by atoms with Crippen molar-refractivity contribution in [3.63, 3.8) is 0 Å². The third kappa shape index (κ3) is 4.20. The van der Waals surface area contributed by atoms with Crippen molar-refractivity contribution in [1.82, 2.24) is 10.2 Å². The first-order valence-corrected chi connectivity index (χ1v) is 6.24. The molecular formula is C12H24N2O4. The Morgan fingerprint density at radius 1 is 1.33 bits per heavy atom. The van der Waals surface area contributed by atoms with E-state index in [4.69, 9.17) is 9.47 Å². The van der Waals surface area contributed by atoms with E-state index >= 15 is 0 Å². The number of ether oxygens (including phenoxy) is 2. The van der Waals surface area contributed by atoms with Crippen molar-refractivity contribution in [3.05, 3.63) is 0 Å². The molecule has 106 valence electrons. The predicted molar refractivity (Wildman–Crippen MR) is 67.7 cm³/mol. The summed E-state index contributed by atoms with van der Waals surface area (Å²) in [4.78, 5) is 13.2. The lowest BCUT2D eigenvalue weighted by atomic mass is 10.2. The maximum absolute atomic E-state index is 11.2. The van der Waals surface area contributed by atoms with Crippen LogP contribution in [0.1, 0.15) is 13.8 Å². The smallest absolute Gasteiger partial charge is 0.322 e. The van der Waals surface area contributed by atoms with E-state index in [1.807, 2.05) is 13.8 Å². The van der Waals surface area contributed by atoms with E-state index in [9.17, 15) is 9.90 Å². The molecule has 0 aliphatic carbocycles. The highest BCUT2D eigenvalue weighted by Crippen LogP contribution is 2.15. The minimum atomic E-state index is -0.821. The zero-order chi connectivity index (χ0) is 13.7. The van der Waals surface area contributed by atoms with Gasteiger partial charge >= 0.3 is 5.97 Å². The van der Waals surface area contributed by atoms with Crippen LogP contribution in [0.15, 0.2) is 0 Å². The third-order valence-corrected chi connectivity index (χ3v) is 3.17. The standard InChI is InChI=1S/C12H24N2O4/c1-8(2)13-9(12(15)16)5-14-6-10(17-3)11(7-14)18-4/h8-11,13H,5-7H2,1-4H3,(H,15,16). The molecule has 0 bridgehead atoms. The number of aliphatic carboxylic acids is 1. The molecule has 0 aromatic heterocycles. The van der Waals surface area contributed by atoms with E-state index in [1.54, 1.807) is 14.2 Å². The molecule has 1 fully saturated rings. The lowest BCUT2D eigenvalue weighted by Crippen LogP contribution is -2.48. The van der Waals surface area contributed by atoms with E-state index in [0.29, 0.717) is 19.6 Å². The van der Waals surface area contributed by atoms with Gasteiger partial charge in [0.1, 0.15) is 6.04 Å². The topological polar surface area (TPSA) is 71.0 Å². The monoisotopic (exact) mass is 260 g/mol. The lowest BCUT2D eigenvalue weighted by molar-refractivity contribution is -0.140. The molecule has 6 heteroatoms. The van der Waals surface area contributed by atoms with E-state index in [2.05, 4.69) is 10.2 Å². The Morgan fingerprint density at radius 2 is 1.83 bits per heavy atom. The van der Waals surface area contributed by atoms with Gasteiger partial charge in [-0.25, -0.2) is 0 Å². The fourth-order valence-electron chi connectivity index (χ4n) is 2.28. The van der Waals surface area contributed by atoms with Gasteiger partial charge in [0.2, 0.25) is 0 Å². The summed E-state index contributed by atoms with van der Waals surface area (Å²) in [5, 5.41) is 12.2. The number of carbonyl (C=O) groups is 1. The van der Waals surface area contributed by atoms with Crippen LogP contribution >= 0.6 is 0 Å². The zero-order valence-corrected chi connectivity index (χ0v) is 11.5. The van der Waals surface area contributed by atoms with Gasteiger partial charge in [0.25, 0.3) is 0 Å². The van der Waals surface area contributed by atoms with Crippen molar-refractivity contribution < 1.29 is 19.4 Å². The molecule has 2 N–H and O–H groups in total. The maximum atomic E-state index is 11.2. The van der Waals surface area contributed by atoms with Gasteiger partial charge in [-0.2, -0.15) is 0 Å². The van der Waals surface area contributed by atoms with Crippen molar-refractivity contribution in [3.8, 4) is 0 Å². The number of rotatable bonds is 7. The Bertz CT molecular complexity index is 261. The highest BCUT2D eigenvalue weighted by molar-refractivity contribution is 5.73. The highest BCUT2D eigenvalue weighted by Gasteiger charge is 2.35. The molecule has 1 heterocycles. The number of carboxylic acid groups (broad SMARTS) is 1. The summed E-state index contributed by atoms with van der Waals surface area (Å²) in [6.45, 7) is 5.76. The normalized spacial score (nSPS) is 26.7. The fourth-order valence-corrected chi connectivity index (χ4v) is 2.28. The second-order valence-corrected chi connectivity index (χ2v) is 4.98. The largest absolute Gasteiger partial charge is 0.480 e. The maximum Gasteiger partial charge on any atom is 0.322 e. The Kier molecular flexibility index (Phi) is 6.01. The van der Waals surface area contributed by atoms with Crippen LogP contribution in [0.2, 0.25) is 0 Å². The highest BCUT2D eigenvalue weighted by atomic mass is 16.5. The van der Waals surface area contributed by atoms with Crippen molar-refractivity contribution in [2.24, 2.45) is 0 Å². The van der Waals surface area contributed by atoms with Crippen LogP contribution in [0.25, 0.3) is 0 Å². The molecule has 3 unspecified atom stereocenters. The molecule has 1 aliphatic rings. The SMILES string of the molecule is COC1CN(CC(NC(C)C)C(=O)O)CC1OC. The van der Waals surface area contributed by atoms with Crippen molar-refractivity contribution in [1.29, 1.82) is 0 Å². The van der Waals surface area contributed by atoms with E-state index in [0.717, 1.165) is 0 Å². The first kappa shape index (κ1) is 15.4. The second kappa shape index (κ2) is 7.04. The van der Waals surface area contributed by atoms with Gasteiger partial charge in [-0.3, -0.25) is 9.69 Å². The van der Waals surface area contributed by atoms with Crippen LogP contribution in [0.5, 0.6) is 0 Å². The molecule has 0 aromatic carbocycles. The second-order valence-electron chi connectivity index (χ2n) is 4.98. The molecule has 0 amide bonds. The van der Waals surface area contributed by atoms with Crippen LogP contribution in [0.3, 0.4) is 0 Å². The van der Waals surface area contributed by atoms with Gasteiger partial charge in [-0.05, 0) is 0 Å². The molecule has 0 spiro atoms. The van der Waals surface area contributed by atoms with Gasteiger partial charge < -0.3 is 19.9 Å². The van der Waals surface area contributed by atoms with Crippen LogP contribution < -0.4 is 5.32 Å². The van der Waals surface area contributed by atoms with Crippen LogP contribution in [0, 0.1) is 0 Å². The summed E-state index contributed by atoms with van der Waals surface area (Å²) in [7, 11) is 3.31. The Labute approximate surface area is 108 Å². The number of likely N-dealkylation sites (tertiary alicyclic amines) is 1. The quantitative estimate of drug-likeness (QED) is 0.659. The van der Waals surface area contributed by atoms with Gasteiger partial charge in [-0.15, -0.1) is 0 Å². The summed E-state index contributed by atoms with van der Waals surface area (Å²) < 4.78 is 10.7. The van der Waals surface area contributed by atoms with Crippen molar-refractivity contribution >= 4 is 5.97 Å². The number of nitrogens with one attached hydrogen (secondary N) is 1. The number of hydrogen-bond acceptors (Lipinski definition) is 5. The molecule has 18 heavy (non-hydrogen) atoms. The Hall–Kier alpha value is -0.690. The molecule has 0 radical (unpaired) electrons. The molecule has 0 aromatic rings. The molecule has 0 saturated carbocycles. The predicted octanol–water partition coefficient (Wildman–Crippen LogP) is -0.217. The van der Waals surface area contributed by atoms with E-state index < -0.39 is 12.0 Å². The minimum absolute atomic E-state index is 0.0171. The summed E-state index contributed by atoms with van der Waals surface area (Å²) in [5.41, 5.74) is 0. The fraction of sp³-hybridized carbons (Fsp3) is 0.917. The average molecular weight is 260 g/mol. The summed E-state index contributed by atoms with van der Waals surface area (Å²) in [6, 6.07) is -0.414. The zero-order valence-electron chi connectivity index (χ0n) is 11.5. The van der Waals surface area contributed by atoms with E-state index in [1.165, 1.54) is 0 Å². The summed E-state index contributed by atoms with van der Waals surface area (Å²) in [6.07, 6.45) is 0.0342. The number of carboxylic acids is 1.